The highest BCUT2D eigenvalue weighted by atomic mass is 35.5. The van der Waals surface area contributed by atoms with Crippen LogP contribution in [0.3, 0.4) is 0 Å². The number of aliphatic hydroxyl groups excluding tert-OH is 1. The molecule has 7 nitrogen and oxygen atoms in total. The first-order chi connectivity index (χ1) is 15.4. The van der Waals surface area contributed by atoms with Crippen LogP contribution in [-0.2, 0) is 10.4 Å². The molecule has 0 spiro atoms. The Labute approximate surface area is 201 Å². The summed E-state index contributed by atoms with van der Waals surface area (Å²) in [7, 11) is 0. The maximum absolute atomic E-state index is 13.4. The number of carbonyl (C=O) groups is 2. The van der Waals surface area contributed by atoms with Crippen LogP contribution in [0.5, 0.6) is 0 Å². The summed E-state index contributed by atoms with van der Waals surface area (Å²) >= 11 is 6.02. The van der Waals surface area contributed by atoms with Crippen molar-refractivity contribution in [2.75, 3.05) is 13.1 Å². The van der Waals surface area contributed by atoms with Gasteiger partial charge >= 0.3 is 6.03 Å². The van der Waals surface area contributed by atoms with E-state index >= 15 is 0 Å². The highest BCUT2D eigenvalue weighted by molar-refractivity contribution is 6.30. The predicted molar refractivity (Wildman–Crippen MR) is 129 cm³/mol. The van der Waals surface area contributed by atoms with Crippen LogP contribution in [0.2, 0.25) is 5.02 Å². The van der Waals surface area contributed by atoms with Crippen molar-refractivity contribution in [1.82, 2.24) is 15.5 Å². The molecular formula is C25H38ClN3O4. The molecule has 1 aliphatic heterocycles. The van der Waals surface area contributed by atoms with Crippen LogP contribution in [0.4, 0.5) is 4.79 Å². The van der Waals surface area contributed by atoms with Gasteiger partial charge in [-0.05, 0) is 55.7 Å². The third kappa shape index (κ3) is 5.81. The molecule has 0 unspecified atom stereocenters. The molecule has 3 rings (SSSR count). The molecule has 4 N–H and O–H groups in total. The largest absolute Gasteiger partial charge is 0.393 e. The van der Waals surface area contributed by atoms with Crippen molar-refractivity contribution in [2.24, 2.45) is 11.3 Å². The number of hydrogen-bond donors (Lipinski definition) is 4. The molecule has 0 radical (unpaired) electrons. The Morgan fingerprint density at radius 3 is 2.27 bits per heavy atom. The van der Waals surface area contributed by atoms with Crippen molar-refractivity contribution >= 4 is 23.5 Å². The van der Waals surface area contributed by atoms with Gasteiger partial charge < -0.3 is 25.7 Å². The van der Waals surface area contributed by atoms with Gasteiger partial charge in [-0.2, -0.15) is 0 Å². The molecule has 1 aromatic carbocycles. The Bertz CT molecular complexity index is 837. The maximum atomic E-state index is 13.4. The zero-order valence-corrected chi connectivity index (χ0v) is 20.9. The molecule has 33 heavy (non-hydrogen) atoms. The fourth-order valence-corrected chi connectivity index (χ4v) is 5.20. The summed E-state index contributed by atoms with van der Waals surface area (Å²) in [6.45, 7) is 8.52. The molecule has 1 aliphatic carbocycles. The molecule has 2 fully saturated rings. The van der Waals surface area contributed by atoms with Crippen molar-refractivity contribution in [1.29, 1.82) is 0 Å². The first-order valence-electron chi connectivity index (χ1n) is 12.0. The van der Waals surface area contributed by atoms with Gasteiger partial charge in [0.2, 0.25) is 5.91 Å². The fourth-order valence-electron chi connectivity index (χ4n) is 5.07. The second-order valence-electron chi connectivity index (χ2n) is 10.6. The minimum absolute atomic E-state index is 0.0135. The normalized spacial score (nSPS) is 28.3. The van der Waals surface area contributed by atoms with Gasteiger partial charge in [0.25, 0.3) is 0 Å². The number of likely N-dealkylation sites (tertiary alicyclic amines) is 1. The first kappa shape index (κ1) is 25.8. The second kappa shape index (κ2) is 10.2. The number of urea groups is 1. The van der Waals surface area contributed by atoms with E-state index in [-0.39, 0.29) is 30.0 Å². The summed E-state index contributed by atoms with van der Waals surface area (Å²) in [5, 5.41) is 27.7. The van der Waals surface area contributed by atoms with E-state index in [1.165, 1.54) is 0 Å². The molecule has 0 bridgehead atoms. The summed E-state index contributed by atoms with van der Waals surface area (Å²) in [6, 6.07) is 6.23. The molecule has 2 atom stereocenters. The SMILES string of the molecule is CC(C)[C@@H](NC(=O)N[C@H]1CC[C@@H](O)CC1)C(=O)N1CC[C@](O)(c2ccc(Cl)cc2)C(C)(C)C1. The lowest BCUT2D eigenvalue weighted by atomic mass is 9.66. The molecule has 8 heteroatoms. The van der Waals surface area contributed by atoms with Gasteiger partial charge in [-0.25, -0.2) is 4.79 Å². The van der Waals surface area contributed by atoms with Crippen molar-refractivity contribution in [2.45, 2.75) is 83.6 Å². The van der Waals surface area contributed by atoms with Crippen LogP contribution in [-0.4, -0.2) is 58.3 Å². The Hall–Kier alpha value is -1.83. The average Bonchev–Trinajstić information content (AvgIpc) is 2.75. The van der Waals surface area contributed by atoms with Crippen LogP contribution in [0, 0.1) is 11.3 Å². The molecule has 1 saturated heterocycles. The van der Waals surface area contributed by atoms with E-state index in [2.05, 4.69) is 10.6 Å². The predicted octanol–water partition coefficient (Wildman–Crippen LogP) is 3.41. The van der Waals surface area contributed by atoms with Crippen LogP contribution in [0.15, 0.2) is 24.3 Å². The average molecular weight is 480 g/mol. The van der Waals surface area contributed by atoms with E-state index in [1.54, 1.807) is 17.0 Å². The molecule has 0 aromatic heterocycles. The zero-order chi connectivity index (χ0) is 24.4. The Morgan fingerprint density at radius 1 is 1.12 bits per heavy atom. The van der Waals surface area contributed by atoms with E-state index in [1.807, 2.05) is 39.8 Å². The number of carbonyl (C=O) groups excluding carboxylic acids is 2. The highest BCUT2D eigenvalue weighted by Crippen LogP contribution is 2.46. The number of nitrogens with one attached hydrogen (secondary N) is 2. The molecule has 184 valence electrons. The molecule has 1 heterocycles. The minimum Gasteiger partial charge on any atom is -0.393 e. The summed E-state index contributed by atoms with van der Waals surface area (Å²) in [5.74, 6) is -0.220. The van der Waals surface area contributed by atoms with E-state index in [0.717, 1.165) is 18.4 Å². The van der Waals surface area contributed by atoms with Gasteiger partial charge in [0.15, 0.2) is 0 Å². The standard InChI is InChI=1S/C25H38ClN3O4/c1-16(2)21(28-23(32)27-19-9-11-20(30)12-10-19)22(31)29-14-13-25(33,24(3,4)15-29)17-5-7-18(26)8-6-17/h5-8,16,19-21,30,33H,9-15H2,1-4H3,(H2,27,28,32)/t19-,20+,21-,25+/m1/s1. The second-order valence-corrected chi connectivity index (χ2v) is 11.0. The van der Waals surface area contributed by atoms with Gasteiger partial charge in [-0.1, -0.05) is 51.4 Å². The number of aliphatic hydroxyl groups is 2. The number of hydrogen-bond acceptors (Lipinski definition) is 4. The third-order valence-corrected chi connectivity index (χ3v) is 7.59. The summed E-state index contributed by atoms with van der Waals surface area (Å²) < 4.78 is 0. The lowest BCUT2D eigenvalue weighted by Crippen LogP contribution is -2.61. The fraction of sp³-hybridized carbons (Fsp3) is 0.680. The van der Waals surface area contributed by atoms with E-state index in [4.69, 9.17) is 11.6 Å². The summed E-state index contributed by atoms with van der Waals surface area (Å²) in [6.07, 6.45) is 2.93. The number of benzene rings is 1. The van der Waals surface area contributed by atoms with Crippen LogP contribution >= 0.6 is 11.6 Å². The molecule has 1 saturated carbocycles. The molecule has 3 amide bonds. The van der Waals surface area contributed by atoms with Gasteiger partial charge in [-0.15, -0.1) is 0 Å². The lowest BCUT2D eigenvalue weighted by molar-refractivity contribution is -0.155. The minimum atomic E-state index is -1.09. The topological polar surface area (TPSA) is 102 Å². The van der Waals surface area contributed by atoms with E-state index in [0.29, 0.717) is 37.4 Å². The van der Waals surface area contributed by atoms with Crippen LogP contribution < -0.4 is 10.6 Å². The van der Waals surface area contributed by atoms with Crippen LogP contribution in [0.25, 0.3) is 0 Å². The van der Waals surface area contributed by atoms with Crippen molar-refractivity contribution in [3.63, 3.8) is 0 Å². The van der Waals surface area contributed by atoms with Crippen LogP contribution in [0.1, 0.15) is 65.4 Å². The van der Waals surface area contributed by atoms with Gasteiger partial charge in [0.05, 0.1) is 11.7 Å². The van der Waals surface area contributed by atoms with Gasteiger partial charge in [0, 0.05) is 29.6 Å². The quantitative estimate of drug-likeness (QED) is 0.519. The van der Waals surface area contributed by atoms with Crippen molar-refractivity contribution in [3.05, 3.63) is 34.9 Å². The van der Waals surface area contributed by atoms with Gasteiger partial charge in [-0.3, -0.25) is 4.79 Å². The zero-order valence-electron chi connectivity index (χ0n) is 20.1. The van der Waals surface area contributed by atoms with Crippen molar-refractivity contribution < 1.29 is 19.8 Å². The summed E-state index contributed by atoms with van der Waals surface area (Å²) in [4.78, 5) is 27.8. The first-order valence-corrected chi connectivity index (χ1v) is 12.3. The third-order valence-electron chi connectivity index (χ3n) is 7.33. The molecular weight excluding hydrogens is 442 g/mol. The molecule has 2 aliphatic rings. The number of rotatable bonds is 5. The monoisotopic (exact) mass is 479 g/mol. The van der Waals surface area contributed by atoms with E-state index in [9.17, 15) is 19.8 Å². The van der Waals surface area contributed by atoms with E-state index < -0.39 is 17.1 Å². The summed E-state index contributed by atoms with van der Waals surface area (Å²) in [5.41, 5.74) is -0.890. The lowest BCUT2D eigenvalue weighted by Gasteiger charge is -2.51. The smallest absolute Gasteiger partial charge is 0.315 e. The molecule has 1 aromatic rings. The number of piperidine rings is 1. The van der Waals surface area contributed by atoms with Crippen molar-refractivity contribution in [3.8, 4) is 0 Å². The Kier molecular flexibility index (Phi) is 7.97. The van der Waals surface area contributed by atoms with Gasteiger partial charge in [0.1, 0.15) is 6.04 Å². The Balaban J connectivity index is 1.65. The number of amides is 3. The Morgan fingerprint density at radius 2 is 1.73 bits per heavy atom. The maximum Gasteiger partial charge on any atom is 0.315 e. The highest BCUT2D eigenvalue weighted by Gasteiger charge is 2.50. The number of halogens is 1. The number of nitrogens with zero attached hydrogens (tertiary/aromatic N) is 1.